The number of benzene rings is 2. The molecule has 0 saturated heterocycles. The van der Waals surface area contributed by atoms with Crippen molar-refractivity contribution < 1.29 is 41.1 Å². The van der Waals surface area contributed by atoms with Crippen molar-refractivity contribution in [2.24, 2.45) is 0 Å². The molecular formula is C19H11F4NO4S. The number of carboxylic acid groups (broad SMARTS) is 1. The summed E-state index contributed by atoms with van der Waals surface area (Å²) in [5.74, 6) is -11.2. The number of aromatic carboxylic acids is 1. The molecule has 1 heterocycles. The summed E-state index contributed by atoms with van der Waals surface area (Å²) < 4.78 is 84.9. The number of para-hydroxylation sites is 1. The van der Waals surface area contributed by atoms with Gasteiger partial charge in [0.25, 0.3) is 5.91 Å². The topological polar surface area (TPSA) is 75.6 Å². The highest BCUT2D eigenvalue weighted by Gasteiger charge is 2.29. The maximum Gasteiger partial charge on any atom is 0.337 e. The monoisotopic (exact) mass is 428 g/mol. The Morgan fingerprint density at radius 3 is 2.28 bits per heavy atom. The van der Waals surface area contributed by atoms with Crippen LogP contribution in [-0.4, -0.2) is 24.0 Å². The molecule has 0 unspecified atom stereocenters. The second kappa shape index (κ2) is 7.92. The SMILES string of the molecule is [2H]C([2H])([2H])Oc1ccccc1-c1c(F)c(F)c(NC(=O)c2cscc2C(=O)O)c(F)c1F. The first-order valence-electron chi connectivity index (χ1n) is 9.17. The Balaban J connectivity index is 2.10. The Hall–Kier alpha value is -3.40. The molecule has 0 spiro atoms. The van der Waals surface area contributed by atoms with Crippen molar-refractivity contribution in [2.45, 2.75) is 0 Å². The van der Waals surface area contributed by atoms with Gasteiger partial charge in [0.15, 0.2) is 23.3 Å². The van der Waals surface area contributed by atoms with Crippen molar-refractivity contribution in [1.29, 1.82) is 0 Å². The first kappa shape index (κ1) is 16.5. The van der Waals surface area contributed by atoms with Crippen LogP contribution in [0.15, 0.2) is 35.0 Å². The van der Waals surface area contributed by atoms with E-state index < -0.39 is 75.9 Å². The minimum absolute atomic E-state index is 0.470. The predicted molar refractivity (Wildman–Crippen MR) is 97.5 cm³/mol. The van der Waals surface area contributed by atoms with Crippen molar-refractivity contribution in [1.82, 2.24) is 0 Å². The number of carboxylic acids is 1. The zero-order chi connectivity index (χ0) is 23.8. The maximum absolute atomic E-state index is 14.8. The van der Waals surface area contributed by atoms with Crippen LogP contribution in [0.25, 0.3) is 11.1 Å². The summed E-state index contributed by atoms with van der Waals surface area (Å²) in [5.41, 5.74) is -4.25. The number of ether oxygens (including phenoxy) is 1. The number of anilines is 1. The Morgan fingerprint density at radius 1 is 1.03 bits per heavy atom. The van der Waals surface area contributed by atoms with Gasteiger partial charge in [-0.25, -0.2) is 22.4 Å². The second-order valence-electron chi connectivity index (χ2n) is 5.56. The first-order chi connectivity index (χ1) is 14.9. The van der Waals surface area contributed by atoms with E-state index in [-0.39, 0.29) is 0 Å². The predicted octanol–water partition coefficient (Wildman–Crippen LogP) is 4.93. The van der Waals surface area contributed by atoms with Crippen LogP contribution in [0.2, 0.25) is 0 Å². The van der Waals surface area contributed by atoms with Crippen molar-refractivity contribution in [3.05, 3.63) is 69.4 Å². The van der Waals surface area contributed by atoms with E-state index in [1.54, 1.807) is 5.32 Å². The highest BCUT2D eigenvalue weighted by atomic mass is 32.1. The van der Waals surface area contributed by atoms with Crippen LogP contribution in [-0.2, 0) is 0 Å². The minimum Gasteiger partial charge on any atom is -0.496 e. The lowest BCUT2D eigenvalue weighted by molar-refractivity contribution is 0.0693. The molecule has 0 saturated carbocycles. The lowest BCUT2D eigenvalue weighted by atomic mass is 10.0. The van der Waals surface area contributed by atoms with Crippen LogP contribution in [0.1, 0.15) is 24.8 Å². The normalized spacial score (nSPS) is 12.6. The van der Waals surface area contributed by atoms with Gasteiger partial charge in [-0.1, -0.05) is 18.2 Å². The molecule has 29 heavy (non-hydrogen) atoms. The lowest BCUT2D eigenvalue weighted by Gasteiger charge is -2.15. The van der Waals surface area contributed by atoms with Crippen LogP contribution in [0.5, 0.6) is 5.75 Å². The molecule has 0 atom stereocenters. The summed E-state index contributed by atoms with van der Waals surface area (Å²) in [4.78, 5) is 23.4. The third-order valence-electron chi connectivity index (χ3n) is 3.91. The van der Waals surface area contributed by atoms with E-state index in [9.17, 15) is 27.2 Å². The van der Waals surface area contributed by atoms with Gasteiger partial charge < -0.3 is 15.2 Å². The van der Waals surface area contributed by atoms with E-state index in [1.165, 1.54) is 12.1 Å². The fourth-order valence-corrected chi connectivity index (χ4v) is 3.36. The molecule has 3 rings (SSSR count). The number of nitrogens with one attached hydrogen (secondary N) is 1. The van der Waals surface area contributed by atoms with Crippen LogP contribution in [0.4, 0.5) is 23.2 Å². The van der Waals surface area contributed by atoms with Gasteiger partial charge in [0.1, 0.15) is 11.4 Å². The number of carbonyl (C=O) groups excluding carboxylic acids is 1. The van der Waals surface area contributed by atoms with Gasteiger partial charge in [-0.2, -0.15) is 11.3 Å². The molecule has 150 valence electrons. The van der Waals surface area contributed by atoms with Crippen molar-refractivity contribution in [3.8, 4) is 16.9 Å². The quantitative estimate of drug-likeness (QED) is 0.446. The molecule has 3 aromatic rings. The Kier molecular flexibility index (Phi) is 4.52. The molecule has 0 fully saturated rings. The van der Waals surface area contributed by atoms with E-state index in [0.717, 1.165) is 34.2 Å². The summed E-state index contributed by atoms with van der Waals surface area (Å²) in [6.07, 6.45) is 0. The van der Waals surface area contributed by atoms with Gasteiger partial charge in [-0.3, -0.25) is 4.79 Å². The lowest BCUT2D eigenvalue weighted by Crippen LogP contribution is -2.18. The maximum atomic E-state index is 14.8. The fraction of sp³-hybridized carbons (Fsp3) is 0.0526. The third kappa shape index (κ3) is 3.54. The Bertz CT molecular complexity index is 1200. The average molecular weight is 428 g/mol. The molecule has 0 aliphatic heterocycles. The van der Waals surface area contributed by atoms with E-state index >= 15 is 0 Å². The summed E-state index contributed by atoms with van der Waals surface area (Å²) in [7, 11) is -3.02. The van der Waals surface area contributed by atoms with E-state index in [4.69, 9.17) is 9.22 Å². The van der Waals surface area contributed by atoms with Crippen molar-refractivity contribution in [3.63, 3.8) is 0 Å². The van der Waals surface area contributed by atoms with Gasteiger partial charge in [0.2, 0.25) is 0 Å². The van der Waals surface area contributed by atoms with Gasteiger partial charge in [-0.05, 0) is 6.07 Å². The molecule has 10 heteroatoms. The number of hydrogen-bond donors (Lipinski definition) is 2. The van der Waals surface area contributed by atoms with Crippen molar-refractivity contribution in [2.75, 3.05) is 12.4 Å². The molecular weight excluding hydrogens is 414 g/mol. The van der Waals surface area contributed by atoms with E-state index in [1.807, 2.05) is 0 Å². The van der Waals surface area contributed by atoms with Gasteiger partial charge in [0.05, 0.1) is 27.8 Å². The molecule has 5 nitrogen and oxygen atoms in total. The summed E-state index contributed by atoms with van der Waals surface area (Å²) in [5, 5.41) is 12.9. The second-order valence-corrected chi connectivity index (χ2v) is 6.31. The summed E-state index contributed by atoms with van der Waals surface area (Å²) >= 11 is 0.817. The minimum atomic E-state index is -3.02. The van der Waals surface area contributed by atoms with Gasteiger partial charge in [0, 0.05) is 16.3 Å². The number of methoxy groups -OCH3 is 1. The summed E-state index contributed by atoms with van der Waals surface area (Å²) in [6.45, 7) is 0. The van der Waals surface area contributed by atoms with E-state index in [0.29, 0.717) is 0 Å². The molecule has 0 aliphatic rings. The first-order valence-corrected chi connectivity index (χ1v) is 8.61. The molecule has 2 aromatic carbocycles. The molecule has 0 aliphatic carbocycles. The Labute approximate surface area is 169 Å². The van der Waals surface area contributed by atoms with Crippen LogP contribution >= 0.6 is 11.3 Å². The van der Waals surface area contributed by atoms with Crippen molar-refractivity contribution >= 4 is 28.9 Å². The number of hydrogen-bond acceptors (Lipinski definition) is 4. The van der Waals surface area contributed by atoms with Gasteiger partial charge >= 0.3 is 5.97 Å². The van der Waals surface area contributed by atoms with Gasteiger partial charge in [-0.15, -0.1) is 0 Å². The zero-order valence-corrected chi connectivity index (χ0v) is 14.9. The fourth-order valence-electron chi connectivity index (χ4n) is 2.56. The average Bonchev–Trinajstić information content (AvgIpc) is 3.20. The largest absolute Gasteiger partial charge is 0.496 e. The number of amides is 1. The zero-order valence-electron chi connectivity index (χ0n) is 17.1. The third-order valence-corrected chi connectivity index (χ3v) is 4.65. The number of rotatable bonds is 5. The van der Waals surface area contributed by atoms with Crippen LogP contribution in [0, 0.1) is 23.3 Å². The Morgan fingerprint density at radius 2 is 1.66 bits per heavy atom. The highest BCUT2D eigenvalue weighted by Crippen LogP contribution is 2.38. The van der Waals surface area contributed by atoms with Crippen LogP contribution in [0.3, 0.4) is 0 Å². The standard InChI is InChI=1S/C19H11F4NO4S/c1-28-11-5-3-2-4-8(11)12-13(20)15(22)17(16(23)14(12)21)24-18(25)9-6-29-7-10(9)19(26)27/h2-7H,1H3,(H,24,25)(H,26,27)/i1D3. The molecule has 1 amide bonds. The number of thiophene rings is 1. The molecule has 1 aromatic heterocycles. The van der Waals surface area contributed by atoms with Crippen LogP contribution < -0.4 is 10.1 Å². The molecule has 0 bridgehead atoms. The van der Waals surface area contributed by atoms with E-state index in [2.05, 4.69) is 4.74 Å². The molecule has 0 radical (unpaired) electrons. The number of carbonyl (C=O) groups is 2. The summed E-state index contributed by atoms with van der Waals surface area (Å²) in [6, 6.07) is 4.54. The highest BCUT2D eigenvalue weighted by molar-refractivity contribution is 7.08. The number of halogens is 4. The molecule has 2 N–H and O–H groups in total. The smallest absolute Gasteiger partial charge is 0.337 e.